The average Bonchev–Trinajstić information content (AvgIpc) is 3.04. The first-order chi connectivity index (χ1) is 6.93. The third-order valence-electron chi connectivity index (χ3n) is 2.83. The van der Waals surface area contributed by atoms with Gasteiger partial charge in [0.1, 0.15) is 12.4 Å². The molecule has 2 heterocycles. The van der Waals surface area contributed by atoms with E-state index < -0.39 is 0 Å². The van der Waals surface area contributed by atoms with Crippen LogP contribution in [0.15, 0.2) is 12.3 Å². The molecule has 14 heavy (non-hydrogen) atoms. The van der Waals surface area contributed by atoms with Crippen LogP contribution < -0.4 is 10.1 Å². The van der Waals surface area contributed by atoms with Gasteiger partial charge >= 0.3 is 0 Å². The number of ether oxygens (including phenoxy) is 1. The fourth-order valence-corrected chi connectivity index (χ4v) is 1.83. The lowest BCUT2D eigenvalue weighted by Gasteiger charge is -2.07. The van der Waals surface area contributed by atoms with Gasteiger partial charge in [0.15, 0.2) is 0 Å². The van der Waals surface area contributed by atoms with Crippen LogP contribution in [-0.4, -0.2) is 18.1 Å². The van der Waals surface area contributed by atoms with Crippen molar-refractivity contribution in [1.82, 2.24) is 10.3 Å². The molecular weight excluding hydrogens is 176 g/mol. The highest BCUT2D eigenvalue weighted by molar-refractivity contribution is 5.35. The molecule has 0 bridgehead atoms. The number of hydrogen-bond acceptors (Lipinski definition) is 3. The van der Waals surface area contributed by atoms with Crippen LogP contribution in [0.25, 0.3) is 0 Å². The Morgan fingerprint density at radius 1 is 1.43 bits per heavy atom. The summed E-state index contributed by atoms with van der Waals surface area (Å²) in [7, 11) is 0. The minimum absolute atomic E-state index is 0.753. The Kier molecular flexibility index (Phi) is 1.91. The van der Waals surface area contributed by atoms with Gasteiger partial charge in [-0.25, -0.2) is 0 Å². The van der Waals surface area contributed by atoms with Gasteiger partial charge in [0, 0.05) is 19.3 Å². The van der Waals surface area contributed by atoms with Crippen molar-refractivity contribution in [2.75, 3.05) is 13.2 Å². The highest BCUT2D eigenvalue weighted by atomic mass is 16.5. The zero-order chi connectivity index (χ0) is 9.38. The Bertz CT molecular complexity index is 347. The van der Waals surface area contributed by atoms with Crippen LogP contribution >= 0.6 is 0 Å². The zero-order valence-electron chi connectivity index (χ0n) is 8.12. The second kappa shape index (κ2) is 3.24. The summed E-state index contributed by atoms with van der Waals surface area (Å²) in [5.74, 6) is 1.74. The number of hydrogen-bond donors (Lipinski definition) is 1. The lowest BCUT2D eigenvalue weighted by Crippen LogP contribution is -2.16. The Hall–Kier alpha value is -1.09. The Labute approximate surface area is 83.5 Å². The zero-order valence-corrected chi connectivity index (χ0v) is 8.12. The molecule has 0 radical (unpaired) electrons. The van der Waals surface area contributed by atoms with Crippen molar-refractivity contribution in [3.05, 3.63) is 23.5 Å². The van der Waals surface area contributed by atoms with Crippen molar-refractivity contribution in [1.29, 1.82) is 0 Å². The van der Waals surface area contributed by atoms with Crippen molar-refractivity contribution in [2.24, 2.45) is 0 Å². The summed E-state index contributed by atoms with van der Waals surface area (Å²) in [6, 6.07) is 2.17. The van der Waals surface area contributed by atoms with Gasteiger partial charge in [-0.2, -0.15) is 0 Å². The first kappa shape index (κ1) is 8.24. The van der Waals surface area contributed by atoms with E-state index in [-0.39, 0.29) is 0 Å². The lowest BCUT2D eigenvalue weighted by atomic mass is 10.1. The van der Waals surface area contributed by atoms with E-state index in [1.807, 2.05) is 6.20 Å². The molecule has 0 aromatic carbocycles. The standard InChI is InChI=1S/C11H14N2O/c1-2-8(1)9-5-11-10(13-6-9)7-12-3-4-14-11/h5-6,8,12H,1-4,7H2. The Morgan fingerprint density at radius 2 is 2.36 bits per heavy atom. The first-order valence-corrected chi connectivity index (χ1v) is 5.26. The molecule has 1 saturated carbocycles. The molecule has 1 aliphatic heterocycles. The molecule has 3 rings (SSSR count). The number of fused-ring (bicyclic) bond motifs is 1. The third-order valence-corrected chi connectivity index (χ3v) is 2.83. The van der Waals surface area contributed by atoms with E-state index in [0.29, 0.717) is 0 Å². The normalized spacial score (nSPS) is 20.9. The van der Waals surface area contributed by atoms with Gasteiger partial charge in [0.2, 0.25) is 0 Å². The smallest absolute Gasteiger partial charge is 0.142 e. The van der Waals surface area contributed by atoms with Crippen molar-refractivity contribution >= 4 is 0 Å². The quantitative estimate of drug-likeness (QED) is 0.727. The van der Waals surface area contributed by atoms with E-state index >= 15 is 0 Å². The van der Waals surface area contributed by atoms with Crippen LogP contribution in [0.1, 0.15) is 30.0 Å². The summed E-state index contributed by atoms with van der Waals surface area (Å²) in [5, 5.41) is 3.28. The van der Waals surface area contributed by atoms with Crippen molar-refractivity contribution in [2.45, 2.75) is 25.3 Å². The van der Waals surface area contributed by atoms with Crippen molar-refractivity contribution in [3.63, 3.8) is 0 Å². The highest BCUT2D eigenvalue weighted by Crippen LogP contribution is 2.41. The van der Waals surface area contributed by atoms with E-state index in [1.165, 1.54) is 18.4 Å². The maximum atomic E-state index is 5.64. The molecule has 1 aliphatic carbocycles. The molecule has 2 aliphatic rings. The fourth-order valence-electron chi connectivity index (χ4n) is 1.83. The summed E-state index contributed by atoms with van der Waals surface area (Å²) in [6.45, 7) is 2.50. The van der Waals surface area contributed by atoms with E-state index in [0.717, 1.165) is 37.1 Å². The fraction of sp³-hybridized carbons (Fsp3) is 0.545. The average molecular weight is 190 g/mol. The van der Waals surface area contributed by atoms with Crippen molar-refractivity contribution in [3.8, 4) is 5.75 Å². The second-order valence-corrected chi connectivity index (χ2v) is 4.01. The highest BCUT2D eigenvalue weighted by Gasteiger charge is 2.25. The topological polar surface area (TPSA) is 34.1 Å². The SMILES string of the molecule is c1nc2c(cc1C1CC1)OCCNC2. The van der Waals surface area contributed by atoms with Crippen LogP contribution in [0.4, 0.5) is 0 Å². The number of pyridine rings is 1. The number of nitrogens with one attached hydrogen (secondary N) is 1. The lowest BCUT2D eigenvalue weighted by molar-refractivity contribution is 0.324. The third kappa shape index (κ3) is 1.48. The minimum Gasteiger partial charge on any atom is -0.490 e. The molecule has 1 aromatic heterocycles. The Balaban J connectivity index is 1.94. The molecule has 1 aromatic rings. The van der Waals surface area contributed by atoms with Crippen LogP contribution in [-0.2, 0) is 6.54 Å². The monoisotopic (exact) mass is 190 g/mol. The largest absolute Gasteiger partial charge is 0.490 e. The van der Waals surface area contributed by atoms with Gasteiger partial charge in [-0.1, -0.05) is 0 Å². The van der Waals surface area contributed by atoms with E-state index in [9.17, 15) is 0 Å². The van der Waals surface area contributed by atoms with Gasteiger partial charge in [0.05, 0.1) is 5.69 Å². The van der Waals surface area contributed by atoms with E-state index in [4.69, 9.17) is 4.74 Å². The van der Waals surface area contributed by atoms with Crippen LogP contribution in [0.2, 0.25) is 0 Å². The van der Waals surface area contributed by atoms with Gasteiger partial charge in [-0.15, -0.1) is 0 Å². The van der Waals surface area contributed by atoms with Gasteiger partial charge < -0.3 is 10.1 Å². The molecule has 0 atom stereocenters. The van der Waals surface area contributed by atoms with E-state index in [1.54, 1.807) is 0 Å². The van der Waals surface area contributed by atoms with Crippen LogP contribution in [0, 0.1) is 0 Å². The van der Waals surface area contributed by atoms with Crippen LogP contribution in [0.5, 0.6) is 5.75 Å². The molecule has 1 fully saturated rings. The summed E-state index contributed by atoms with van der Waals surface area (Å²) < 4.78 is 5.64. The molecule has 3 heteroatoms. The maximum Gasteiger partial charge on any atom is 0.142 e. The summed E-state index contributed by atoms with van der Waals surface area (Å²) in [6.07, 6.45) is 4.64. The van der Waals surface area contributed by atoms with Gasteiger partial charge in [0.25, 0.3) is 0 Å². The molecule has 0 saturated heterocycles. The minimum atomic E-state index is 0.753. The summed E-state index contributed by atoms with van der Waals surface area (Å²) >= 11 is 0. The Morgan fingerprint density at radius 3 is 3.21 bits per heavy atom. The first-order valence-electron chi connectivity index (χ1n) is 5.26. The summed E-state index contributed by atoms with van der Waals surface area (Å²) in [5.41, 5.74) is 2.40. The number of nitrogens with zero attached hydrogens (tertiary/aromatic N) is 1. The summed E-state index contributed by atoms with van der Waals surface area (Å²) in [4.78, 5) is 4.45. The molecule has 0 spiro atoms. The molecule has 0 unspecified atom stereocenters. The van der Waals surface area contributed by atoms with E-state index in [2.05, 4.69) is 16.4 Å². The number of rotatable bonds is 1. The molecule has 1 N–H and O–H groups in total. The predicted octanol–water partition coefficient (Wildman–Crippen LogP) is 1.44. The maximum absolute atomic E-state index is 5.64. The van der Waals surface area contributed by atoms with Gasteiger partial charge in [-0.05, 0) is 30.4 Å². The molecular formula is C11H14N2O. The van der Waals surface area contributed by atoms with Gasteiger partial charge in [-0.3, -0.25) is 4.98 Å². The molecule has 0 amide bonds. The predicted molar refractivity (Wildman–Crippen MR) is 53.4 cm³/mol. The number of aromatic nitrogens is 1. The second-order valence-electron chi connectivity index (χ2n) is 4.01. The van der Waals surface area contributed by atoms with Crippen LogP contribution in [0.3, 0.4) is 0 Å². The van der Waals surface area contributed by atoms with Crippen molar-refractivity contribution < 1.29 is 4.74 Å². The molecule has 3 nitrogen and oxygen atoms in total. The molecule has 74 valence electrons.